The van der Waals surface area contributed by atoms with E-state index in [0.717, 1.165) is 4.68 Å². The number of rotatable bonds is 4. The fourth-order valence-electron chi connectivity index (χ4n) is 1.30. The lowest BCUT2D eigenvalue weighted by molar-refractivity contribution is -0.144. The summed E-state index contributed by atoms with van der Waals surface area (Å²) in [5.74, 6) is 0.272. The first-order valence-corrected chi connectivity index (χ1v) is 5.44. The number of alkyl halides is 3. The van der Waals surface area contributed by atoms with Gasteiger partial charge in [-0.2, -0.15) is 13.2 Å². The molecule has 0 fully saturated rings. The number of aromatic nitrogens is 3. The third-order valence-corrected chi connectivity index (χ3v) is 2.35. The Kier molecular flexibility index (Phi) is 4.07. The Labute approximate surface area is 102 Å². The highest BCUT2D eigenvalue weighted by molar-refractivity contribution is 7.80. The number of nitrogens with two attached hydrogens (primary N) is 1. The van der Waals surface area contributed by atoms with Crippen molar-refractivity contribution in [3.63, 3.8) is 0 Å². The molecule has 0 radical (unpaired) electrons. The molecule has 0 aliphatic heterocycles. The van der Waals surface area contributed by atoms with Gasteiger partial charge in [0.05, 0.1) is 0 Å². The standard InChI is InChI=1S/C9H13F3N4S/c1-5(2)3-4-16-7(9(10,11)12)6(8(13)17)14-15-16/h5H,3-4H2,1-2H3,(H2,13,17). The van der Waals surface area contributed by atoms with E-state index in [0.29, 0.717) is 6.42 Å². The summed E-state index contributed by atoms with van der Waals surface area (Å²) >= 11 is 4.53. The highest BCUT2D eigenvalue weighted by Gasteiger charge is 2.40. The maximum atomic E-state index is 12.8. The molecule has 96 valence electrons. The first-order chi connectivity index (χ1) is 7.73. The molecule has 1 rings (SSSR count). The minimum Gasteiger partial charge on any atom is -0.388 e. The van der Waals surface area contributed by atoms with Crippen LogP contribution in [0.25, 0.3) is 0 Å². The quantitative estimate of drug-likeness (QED) is 0.847. The highest BCUT2D eigenvalue weighted by atomic mass is 32.1. The number of halogens is 3. The fourth-order valence-corrected chi connectivity index (χ4v) is 1.43. The van der Waals surface area contributed by atoms with Crippen molar-refractivity contribution in [2.75, 3.05) is 0 Å². The van der Waals surface area contributed by atoms with E-state index in [1.165, 1.54) is 0 Å². The van der Waals surface area contributed by atoms with Crippen molar-refractivity contribution in [3.05, 3.63) is 11.4 Å². The van der Waals surface area contributed by atoms with Crippen LogP contribution in [0.1, 0.15) is 31.7 Å². The minimum absolute atomic E-state index is 0.141. The summed E-state index contributed by atoms with van der Waals surface area (Å²) in [6.45, 7) is 3.97. The van der Waals surface area contributed by atoms with Crippen molar-refractivity contribution in [3.8, 4) is 0 Å². The molecular weight excluding hydrogens is 253 g/mol. The Morgan fingerprint density at radius 2 is 2.06 bits per heavy atom. The van der Waals surface area contributed by atoms with Crippen LogP contribution in [0.4, 0.5) is 13.2 Å². The van der Waals surface area contributed by atoms with Gasteiger partial charge < -0.3 is 5.73 Å². The lowest BCUT2D eigenvalue weighted by atomic mass is 10.1. The monoisotopic (exact) mass is 266 g/mol. The van der Waals surface area contributed by atoms with Crippen LogP contribution in [0.5, 0.6) is 0 Å². The molecule has 0 aromatic carbocycles. The second-order valence-electron chi connectivity index (χ2n) is 4.05. The maximum absolute atomic E-state index is 12.8. The summed E-state index contributed by atoms with van der Waals surface area (Å²) in [6, 6.07) is 0. The number of nitrogens with zero attached hydrogens (tertiary/aromatic N) is 3. The predicted octanol–water partition coefficient (Wildman–Crippen LogP) is 1.98. The van der Waals surface area contributed by atoms with Crippen LogP contribution in [-0.2, 0) is 12.7 Å². The van der Waals surface area contributed by atoms with Crippen molar-refractivity contribution in [1.29, 1.82) is 0 Å². The molecule has 0 saturated carbocycles. The van der Waals surface area contributed by atoms with E-state index in [9.17, 15) is 13.2 Å². The summed E-state index contributed by atoms with van der Waals surface area (Å²) in [5.41, 5.74) is 3.77. The molecule has 0 aliphatic carbocycles. The molecule has 0 atom stereocenters. The fraction of sp³-hybridized carbons (Fsp3) is 0.667. The Balaban J connectivity index is 3.10. The largest absolute Gasteiger partial charge is 0.435 e. The van der Waals surface area contributed by atoms with Crippen molar-refractivity contribution in [2.24, 2.45) is 11.7 Å². The summed E-state index contributed by atoms with van der Waals surface area (Å²) in [5, 5.41) is 6.84. The maximum Gasteiger partial charge on any atom is 0.435 e. The molecule has 0 bridgehead atoms. The Morgan fingerprint density at radius 3 is 2.47 bits per heavy atom. The van der Waals surface area contributed by atoms with Crippen LogP contribution in [0.3, 0.4) is 0 Å². The van der Waals surface area contributed by atoms with Gasteiger partial charge in [0.2, 0.25) is 0 Å². The molecule has 2 N–H and O–H groups in total. The molecule has 8 heteroatoms. The third kappa shape index (κ3) is 3.39. The smallest absolute Gasteiger partial charge is 0.388 e. The van der Waals surface area contributed by atoms with Gasteiger partial charge in [-0.25, -0.2) is 4.68 Å². The zero-order valence-electron chi connectivity index (χ0n) is 9.45. The molecule has 0 aliphatic rings. The second kappa shape index (κ2) is 4.99. The Bertz CT molecular complexity index is 411. The second-order valence-corrected chi connectivity index (χ2v) is 4.49. The molecule has 1 aromatic rings. The van der Waals surface area contributed by atoms with Crippen LogP contribution >= 0.6 is 12.2 Å². The first kappa shape index (κ1) is 13.9. The summed E-state index contributed by atoms with van der Waals surface area (Å²) in [6.07, 6.45) is -3.98. The highest BCUT2D eigenvalue weighted by Crippen LogP contribution is 2.31. The lowest BCUT2D eigenvalue weighted by Gasteiger charge is -2.11. The summed E-state index contributed by atoms with van der Waals surface area (Å²) in [7, 11) is 0. The average molecular weight is 266 g/mol. The SMILES string of the molecule is CC(C)CCn1nnc(C(N)=S)c1C(F)(F)F. The predicted molar refractivity (Wildman–Crippen MR) is 60.4 cm³/mol. The zero-order chi connectivity index (χ0) is 13.2. The number of aryl methyl sites for hydroxylation is 1. The van der Waals surface area contributed by atoms with E-state index in [-0.39, 0.29) is 12.5 Å². The van der Waals surface area contributed by atoms with E-state index < -0.39 is 22.6 Å². The number of hydrogen-bond acceptors (Lipinski definition) is 3. The molecule has 0 spiro atoms. The number of hydrogen-bond donors (Lipinski definition) is 1. The molecule has 0 amide bonds. The van der Waals surface area contributed by atoms with Crippen LogP contribution in [0, 0.1) is 5.92 Å². The summed E-state index contributed by atoms with van der Waals surface area (Å²) in [4.78, 5) is -0.395. The van der Waals surface area contributed by atoms with Gasteiger partial charge in [0.15, 0.2) is 11.4 Å². The zero-order valence-corrected chi connectivity index (χ0v) is 10.3. The molecule has 1 aromatic heterocycles. The average Bonchev–Trinajstić information content (AvgIpc) is 2.57. The molecule has 17 heavy (non-hydrogen) atoms. The van der Waals surface area contributed by atoms with Crippen LogP contribution in [0.2, 0.25) is 0 Å². The molecule has 4 nitrogen and oxygen atoms in total. The third-order valence-electron chi connectivity index (χ3n) is 2.16. The van der Waals surface area contributed by atoms with Gasteiger partial charge in [0.1, 0.15) is 4.99 Å². The molecular formula is C9H13F3N4S. The van der Waals surface area contributed by atoms with E-state index in [1.54, 1.807) is 0 Å². The normalized spacial score (nSPS) is 12.1. The van der Waals surface area contributed by atoms with Crippen LogP contribution in [-0.4, -0.2) is 20.0 Å². The molecule has 0 saturated heterocycles. The van der Waals surface area contributed by atoms with Gasteiger partial charge in [-0.15, -0.1) is 5.10 Å². The van der Waals surface area contributed by atoms with Crippen LogP contribution in [0.15, 0.2) is 0 Å². The lowest BCUT2D eigenvalue weighted by Crippen LogP contribution is -2.21. The van der Waals surface area contributed by atoms with Gasteiger partial charge >= 0.3 is 6.18 Å². The van der Waals surface area contributed by atoms with Crippen LogP contribution < -0.4 is 5.73 Å². The van der Waals surface area contributed by atoms with E-state index >= 15 is 0 Å². The van der Waals surface area contributed by atoms with Gasteiger partial charge in [-0.3, -0.25) is 0 Å². The minimum atomic E-state index is -4.56. The molecule has 0 unspecified atom stereocenters. The molecule has 1 heterocycles. The summed E-state index contributed by atoms with van der Waals surface area (Å²) < 4.78 is 39.2. The topological polar surface area (TPSA) is 56.7 Å². The van der Waals surface area contributed by atoms with Crippen molar-refractivity contribution in [2.45, 2.75) is 33.0 Å². The van der Waals surface area contributed by atoms with Crippen molar-refractivity contribution in [1.82, 2.24) is 15.0 Å². The van der Waals surface area contributed by atoms with Crippen molar-refractivity contribution >= 4 is 17.2 Å². The van der Waals surface area contributed by atoms with E-state index in [2.05, 4.69) is 22.5 Å². The van der Waals surface area contributed by atoms with Gasteiger partial charge in [0.25, 0.3) is 0 Å². The van der Waals surface area contributed by atoms with E-state index in [1.807, 2.05) is 13.8 Å². The van der Waals surface area contributed by atoms with Gasteiger partial charge in [-0.05, 0) is 12.3 Å². The van der Waals surface area contributed by atoms with Gasteiger partial charge in [-0.1, -0.05) is 31.3 Å². The van der Waals surface area contributed by atoms with E-state index in [4.69, 9.17) is 5.73 Å². The Hall–Kier alpha value is -1.18. The number of thiocarbonyl (C=S) groups is 1. The Morgan fingerprint density at radius 1 is 1.47 bits per heavy atom. The van der Waals surface area contributed by atoms with Gasteiger partial charge in [0, 0.05) is 6.54 Å². The van der Waals surface area contributed by atoms with Crippen molar-refractivity contribution < 1.29 is 13.2 Å². The first-order valence-electron chi connectivity index (χ1n) is 5.04.